The van der Waals surface area contributed by atoms with Crippen molar-refractivity contribution in [3.63, 3.8) is 0 Å². The maximum atomic E-state index is 11.4. The van der Waals surface area contributed by atoms with Crippen LogP contribution in [0.4, 0.5) is 5.69 Å². The molecule has 1 aliphatic carbocycles. The first-order valence-corrected chi connectivity index (χ1v) is 10.2. The molecule has 5 rings (SSSR count). The lowest BCUT2D eigenvalue weighted by Gasteiger charge is -2.31. The van der Waals surface area contributed by atoms with E-state index in [1.54, 1.807) is 24.3 Å². The molecule has 2 atom stereocenters. The van der Waals surface area contributed by atoms with Crippen LogP contribution in [0.15, 0.2) is 53.3 Å². The number of hydrogen-bond acceptors (Lipinski definition) is 5. The molecule has 2 aromatic rings. The van der Waals surface area contributed by atoms with Gasteiger partial charge in [-0.1, -0.05) is 17.7 Å². The molecule has 0 amide bonds. The Labute approximate surface area is 178 Å². The minimum absolute atomic E-state index is 0.0128. The predicted octanol–water partition coefficient (Wildman–Crippen LogP) is 4.37. The van der Waals surface area contributed by atoms with Crippen molar-refractivity contribution in [3.8, 4) is 6.07 Å². The fourth-order valence-electron chi connectivity index (χ4n) is 4.61. The van der Waals surface area contributed by atoms with Gasteiger partial charge in [-0.15, -0.1) is 0 Å². The highest BCUT2D eigenvalue weighted by Crippen LogP contribution is 2.42. The second kappa shape index (κ2) is 7.19. The first-order chi connectivity index (χ1) is 14.6. The van der Waals surface area contributed by atoms with Crippen molar-refractivity contribution in [2.75, 3.05) is 11.6 Å². The van der Waals surface area contributed by atoms with Gasteiger partial charge in [-0.05, 0) is 54.3 Å². The zero-order valence-corrected chi connectivity index (χ0v) is 16.8. The summed E-state index contributed by atoms with van der Waals surface area (Å²) < 4.78 is 5.53. The van der Waals surface area contributed by atoms with Gasteiger partial charge in [0.15, 0.2) is 0 Å². The van der Waals surface area contributed by atoms with Crippen LogP contribution in [0.2, 0.25) is 5.02 Å². The Morgan fingerprint density at radius 1 is 1.27 bits per heavy atom. The van der Waals surface area contributed by atoms with E-state index in [1.165, 1.54) is 5.57 Å². The Kier molecular flexibility index (Phi) is 4.48. The molecule has 0 fully saturated rings. The molecular weight excluding hydrogens is 402 g/mol. The number of rotatable bonds is 3. The van der Waals surface area contributed by atoms with Gasteiger partial charge in [0.05, 0.1) is 46.5 Å². The molecule has 0 unspecified atom stereocenters. The third-order valence-corrected chi connectivity index (χ3v) is 6.34. The van der Waals surface area contributed by atoms with E-state index in [1.807, 2.05) is 23.4 Å². The Bertz CT molecular complexity index is 1160. The van der Waals surface area contributed by atoms with Crippen molar-refractivity contribution >= 4 is 29.0 Å². The van der Waals surface area contributed by atoms with Crippen LogP contribution < -0.4 is 5.01 Å². The van der Waals surface area contributed by atoms with Crippen molar-refractivity contribution < 1.29 is 14.6 Å². The van der Waals surface area contributed by atoms with Crippen LogP contribution in [-0.4, -0.2) is 29.4 Å². The fourth-order valence-corrected chi connectivity index (χ4v) is 4.82. The Balaban J connectivity index is 1.61. The highest BCUT2D eigenvalue weighted by Gasteiger charge is 2.43. The van der Waals surface area contributed by atoms with Crippen LogP contribution in [0, 0.1) is 17.2 Å². The third-order valence-electron chi connectivity index (χ3n) is 6.02. The van der Waals surface area contributed by atoms with Gasteiger partial charge in [0.2, 0.25) is 0 Å². The second-order valence-corrected chi connectivity index (χ2v) is 8.09. The van der Waals surface area contributed by atoms with Gasteiger partial charge in [0.25, 0.3) is 0 Å². The highest BCUT2D eigenvalue weighted by molar-refractivity contribution is 6.32. The summed E-state index contributed by atoms with van der Waals surface area (Å²) in [6.07, 6.45) is 4.35. The topological polar surface area (TPSA) is 85.9 Å². The number of carboxylic acids is 1. The molecule has 7 heteroatoms. The number of aromatic carboxylic acids is 1. The molecule has 0 saturated heterocycles. The number of hydrogen-bond donors (Lipinski definition) is 1. The lowest BCUT2D eigenvalue weighted by Crippen LogP contribution is -2.37. The fraction of sp³-hybridized carbons (Fsp3) is 0.261. The number of carbonyl (C=O) groups is 1. The summed E-state index contributed by atoms with van der Waals surface area (Å²) in [7, 11) is 0. The van der Waals surface area contributed by atoms with Crippen molar-refractivity contribution in [2.24, 2.45) is 11.0 Å². The minimum atomic E-state index is -0.923. The summed E-state index contributed by atoms with van der Waals surface area (Å²) in [6, 6.07) is 12.7. The smallest absolute Gasteiger partial charge is 0.335 e. The van der Waals surface area contributed by atoms with Crippen molar-refractivity contribution in [1.82, 2.24) is 0 Å². The van der Waals surface area contributed by atoms with Gasteiger partial charge in [0.1, 0.15) is 6.07 Å². The Hall–Kier alpha value is -3.30. The first-order valence-electron chi connectivity index (χ1n) is 9.81. The minimum Gasteiger partial charge on any atom is -0.501 e. The van der Waals surface area contributed by atoms with E-state index >= 15 is 0 Å². The van der Waals surface area contributed by atoms with Crippen LogP contribution in [0.5, 0.6) is 0 Å². The lowest BCUT2D eigenvalue weighted by molar-refractivity contribution is 0.0696. The van der Waals surface area contributed by atoms with E-state index in [9.17, 15) is 15.2 Å². The maximum absolute atomic E-state index is 11.4. The average molecular weight is 420 g/mol. The molecule has 0 saturated carbocycles. The van der Waals surface area contributed by atoms with Crippen LogP contribution >= 0.6 is 11.6 Å². The largest absolute Gasteiger partial charge is 0.501 e. The van der Waals surface area contributed by atoms with Crippen molar-refractivity contribution in [2.45, 2.75) is 25.3 Å². The van der Waals surface area contributed by atoms with Gasteiger partial charge in [-0.25, -0.2) is 4.79 Å². The normalized spacial score (nSPS) is 21.8. The number of fused-ring (bicyclic) bond motifs is 3. The summed E-state index contributed by atoms with van der Waals surface area (Å²) in [5, 5.41) is 25.9. The molecule has 0 spiro atoms. The lowest BCUT2D eigenvalue weighted by atomic mass is 9.76. The molecule has 0 bridgehead atoms. The average Bonchev–Trinajstić information content (AvgIpc) is 3.40. The highest BCUT2D eigenvalue weighted by atomic mass is 35.5. The SMILES string of the molecule is N#Cc1ccc(N2N=C3c4ccc(C(=O)O)cc4CC[C@@H]3[C@@H]2C2=COCC2)cc1Cl. The molecule has 3 aliphatic rings. The van der Waals surface area contributed by atoms with E-state index in [4.69, 9.17) is 21.4 Å². The maximum Gasteiger partial charge on any atom is 0.335 e. The molecule has 2 aliphatic heterocycles. The molecule has 0 radical (unpaired) electrons. The number of hydrazone groups is 1. The number of aryl methyl sites for hydroxylation is 1. The quantitative estimate of drug-likeness (QED) is 0.798. The summed E-state index contributed by atoms with van der Waals surface area (Å²) in [5.74, 6) is -0.746. The number of anilines is 1. The Morgan fingerprint density at radius 2 is 2.13 bits per heavy atom. The third kappa shape index (κ3) is 2.94. The van der Waals surface area contributed by atoms with Crippen LogP contribution in [0.1, 0.15) is 39.9 Å². The van der Waals surface area contributed by atoms with Gasteiger partial charge < -0.3 is 9.84 Å². The molecule has 2 aromatic carbocycles. The molecular formula is C23H18ClN3O3. The summed E-state index contributed by atoms with van der Waals surface area (Å²) in [5.41, 5.74) is 5.71. The monoisotopic (exact) mass is 419 g/mol. The standard InChI is InChI=1S/C23H18ClN3O3/c24-20-10-17(4-1-15(20)11-25)27-22(16-7-8-30-12-16)19-6-2-13-9-14(23(28)29)3-5-18(13)21(19)26-27/h1,3-5,9-10,12,19,22H,2,6-8H2,(H,28,29)/t19-,22-/m0/s1. The van der Waals surface area contributed by atoms with Crippen molar-refractivity contribution in [1.29, 1.82) is 5.26 Å². The number of carboxylic acid groups (broad SMARTS) is 1. The van der Waals surface area contributed by atoms with E-state index in [-0.39, 0.29) is 12.0 Å². The zero-order chi connectivity index (χ0) is 20.8. The number of benzene rings is 2. The number of ether oxygens (including phenoxy) is 1. The van der Waals surface area contributed by atoms with Crippen molar-refractivity contribution in [3.05, 3.63) is 75.5 Å². The predicted molar refractivity (Wildman–Crippen MR) is 113 cm³/mol. The number of nitrogens with zero attached hydrogens (tertiary/aromatic N) is 3. The van der Waals surface area contributed by atoms with Crippen LogP contribution in [0.25, 0.3) is 0 Å². The van der Waals surface area contributed by atoms with E-state index in [0.717, 1.165) is 41.8 Å². The van der Waals surface area contributed by atoms with Gasteiger partial charge in [-0.2, -0.15) is 10.4 Å². The first kappa shape index (κ1) is 18.7. The summed E-state index contributed by atoms with van der Waals surface area (Å²) in [4.78, 5) is 11.4. The van der Waals surface area contributed by atoms with E-state index < -0.39 is 5.97 Å². The molecule has 6 nitrogen and oxygen atoms in total. The van der Waals surface area contributed by atoms with Crippen LogP contribution in [-0.2, 0) is 11.2 Å². The second-order valence-electron chi connectivity index (χ2n) is 7.69. The molecule has 30 heavy (non-hydrogen) atoms. The summed E-state index contributed by atoms with van der Waals surface area (Å²) in [6.45, 7) is 0.661. The van der Waals surface area contributed by atoms with Gasteiger partial charge in [0, 0.05) is 17.9 Å². The van der Waals surface area contributed by atoms with E-state index in [2.05, 4.69) is 6.07 Å². The molecule has 0 aromatic heterocycles. The summed E-state index contributed by atoms with van der Waals surface area (Å²) >= 11 is 6.30. The molecule has 2 heterocycles. The number of halogens is 1. The number of nitriles is 1. The molecule has 150 valence electrons. The zero-order valence-electron chi connectivity index (χ0n) is 16.0. The van der Waals surface area contributed by atoms with E-state index in [0.29, 0.717) is 22.8 Å². The Morgan fingerprint density at radius 3 is 2.83 bits per heavy atom. The van der Waals surface area contributed by atoms with Gasteiger partial charge >= 0.3 is 5.97 Å². The van der Waals surface area contributed by atoms with Gasteiger partial charge in [-0.3, -0.25) is 5.01 Å². The molecule has 1 N–H and O–H groups in total. The van der Waals surface area contributed by atoms with Crippen LogP contribution in [0.3, 0.4) is 0 Å².